The molecule has 0 bridgehead atoms. The highest BCUT2D eigenvalue weighted by molar-refractivity contribution is 9.10. The van der Waals surface area contributed by atoms with Crippen LogP contribution in [0.4, 0.5) is 23.7 Å². The summed E-state index contributed by atoms with van der Waals surface area (Å²) in [6.07, 6.45) is -4.54. The predicted molar refractivity (Wildman–Crippen MR) is 68.0 cm³/mol. The minimum absolute atomic E-state index is 0.209. The first kappa shape index (κ1) is 15.8. The van der Waals surface area contributed by atoms with Crippen molar-refractivity contribution in [2.45, 2.75) is 6.18 Å². The molecule has 0 heterocycles. The number of amides is 2. The van der Waals surface area contributed by atoms with Gasteiger partial charge in [-0.05, 0) is 18.2 Å². The molecule has 1 rings (SSSR count). The van der Waals surface area contributed by atoms with Gasteiger partial charge in [-0.15, -0.1) is 0 Å². The number of halogens is 4. The van der Waals surface area contributed by atoms with Crippen molar-refractivity contribution in [3.8, 4) is 0 Å². The first-order valence-electron chi connectivity index (χ1n) is 5.25. The highest BCUT2D eigenvalue weighted by atomic mass is 79.9. The molecular weight excluding hydrogens is 329 g/mol. The SMILES string of the molecule is COCCNC(=O)Nc1ccc(Br)cc1C(F)(F)F. The minimum Gasteiger partial charge on any atom is -0.383 e. The molecule has 0 radical (unpaired) electrons. The van der Waals surface area contributed by atoms with Crippen molar-refractivity contribution in [2.24, 2.45) is 0 Å². The normalized spacial score (nSPS) is 11.2. The lowest BCUT2D eigenvalue weighted by atomic mass is 10.1. The minimum atomic E-state index is -4.54. The van der Waals surface area contributed by atoms with Crippen LogP contribution in [-0.4, -0.2) is 26.3 Å². The second-order valence-corrected chi connectivity index (χ2v) is 4.48. The van der Waals surface area contributed by atoms with Crippen LogP contribution in [0.15, 0.2) is 22.7 Å². The molecule has 0 saturated carbocycles. The van der Waals surface area contributed by atoms with Gasteiger partial charge in [-0.25, -0.2) is 4.79 Å². The van der Waals surface area contributed by atoms with E-state index in [1.54, 1.807) is 0 Å². The molecule has 0 saturated heterocycles. The highest BCUT2D eigenvalue weighted by Gasteiger charge is 2.34. The number of ether oxygens (including phenoxy) is 1. The van der Waals surface area contributed by atoms with E-state index >= 15 is 0 Å². The Kier molecular flexibility index (Phi) is 5.61. The van der Waals surface area contributed by atoms with Gasteiger partial charge in [-0.3, -0.25) is 0 Å². The zero-order valence-electron chi connectivity index (χ0n) is 9.97. The van der Waals surface area contributed by atoms with E-state index in [-0.39, 0.29) is 23.3 Å². The van der Waals surface area contributed by atoms with E-state index in [0.29, 0.717) is 0 Å². The maximum Gasteiger partial charge on any atom is 0.418 e. The third-order valence-electron chi connectivity index (χ3n) is 2.13. The molecular formula is C11H12BrF3N2O2. The number of urea groups is 1. The third-order valence-corrected chi connectivity index (χ3v) is 2.62. The van der Waals surface area contributed by atoms with Crippen LogP contribution >= 0.6 is 15.9 Å². The molecule has 1 aromatic carbocycles. The Morgan fingerprint density at radius 2 is 2.11 bits per heavy atom. The van der Waals surface area contributed by atoms with Gasteiger partial charge in [0, 0.05) is 18.1 Å². The van der Waals surface area contributed by atoms with Crippen molar-refractivity contribution in [1.29, 1.82) is 0 Å². The maximum absolute atomic E-state index is 12.8. The molecule has 0 aliphatic rings. The van der Waals surface area contributed by atoms with Crippen LogP contribution in [0.2, 0.25) is 0 Å². The van der Waals surface area contributed by atoms with Crippen LogP contribution in [0.1, 0.15) is 5.56 Å². The fourth-order valence-corrected chi connectivity index (χ4v) is 1.65. The summed E-state index contributed by atoms with van der Waals surface area (Å²) in [4.78, 5) is 11.4. The number of benzene rings is 1. The van der Waals surface area contributed by atoms with Crippen LogP contribution in [0.25, 0.3) is 0 Å². The largest absolute Gasteiger partial charge is 0.418 e. The predicted octanol–water partition coefficient (Wildman–Crippen LogP) is 3.24. The van der Waals surface area contributed by atoms with E-state index < -0.39 is 17.8 Å². The molecule has 4 nitrogen and oxygen atoms in total. The number of rotatable bonds is 4. The van der Waals surface area contributed by atoms with E-state index in [2.05, 4.69) is 26.6 Å². The van der Waals surface area contributed by atoms with Crippen molar-refractivity contribution >= 4 is 27.6 Å². The average molecular weight is 341 g/mol. The van der Waals surface area contributed by atoms with Gasteiger partial charge in [0.1, 0.15) is 0 Å². The summed E-state index contributed by atoms with van der Waals surface area (Å²) in [6, 6.07) is 2.79. The maximum atomic E-state index is 12.8. The third kappa shape index (κ3) is 5.07. The molecule has 2 amide bonds. The Morgan fingerprint density at radius 3 is 2.68 bits per heavy atom. The lowest BCUT2D eigenvalue weighted by Crippen LogP contribution is -2.32. The summed E-state index contributed by atoms with van der Waals surface area (Å²) >= 11 is 2.96. The van der Waals surface area contributed by atoms with Gasteiger partial charge in [0.15, 0.2) is 0 Å². The first-order chi connectivity index (χ1) is 8.84. The number of hydrogen-bond donors (Lipinski definition) is 2. The Bertz CT molecular complexity index is 452. The summed E-state index contributed by atoms with van der Waals surface area (Å²) in [6.45, 7) is 0.486. The molecule has 0 aromatic heterocycles. The van der Waals surface area contributed by atoms with Crippen LogP contribution in [-0.2, 0) is 10.9 Å². The summed E-state index contributed by atoms with van der Waals surface area (Å²) in [5.74, 6) is 0. The molecule has 1 aromatic rings. The number of methoxy groups -OCH3 is 1. The summed E-state index contributed by atoms with van der Waals surface area (Å²) < 4.78 is 43.3. The monoisotopic (exact) mass is 340 g/mol. The van der Waals surface area contributed by atoms with Gasteiger partial charge >= 0.3 is 12.2 Å². The first-order valence-corrected chi connectivity index (χ1v) is 6.04. The molecule has 0 spiro atoms. The molecule has 0 aliphatic heterocycles. The zero-order valence-corrected chi connectivity index (χ0v) is 11.6. The lowest BCUT2D eigenvalue weighted by Gasteiger charge is -2.14. The summed E-state index contributed by atoms with van der Waals surface area (Å²) in [7, 11) is 1.45. The van der Waals surface area contributed by atoms with Crippen molar-refractivity contribution in [2.75, 3.05) is 25.6 Å². The number of nitrogens with one attached hydrogen (secondary N) is 2. The van der Waals surface area contributed by atoms with Crippen molar-refractivity contribution in [1.82, 2.24) is 5.32 Å². The van der Waals surface area contributed by atoms with Gasteiger partial charge in [0.25, 0.3) is 0 Å². The van der Waals surface area contributed by atoms with Crippen LogP contribution in [0.3, 0.4) is 0 Å². The molecule has 0 unspecified atom stereocenters. The van der Waals surface area contributed by atoms with Crippen molar-refractivity contribution < 1.29 is 22.7 Å². The van der Waals surface area contributed by atoms with Gasteiger partial charge in [0.05, 0.1) is 17.9 Å². The Labute approximate surface area is 116 Å². The van der Waals surface area contributed by atoms with Crippen LogP contribution in [0.5, 0.6) is 0 Å². The molecule has 0 atom stereocenters. The molecule has 2 N–H and O–H groups in total. The number of alkyl halides is 3. The van der Waals surface area contributed by atoms with Crippen molar-refractivity contribution in [3.05, 3.63) is 28.2 Å². The lowest BCUT2D eigenvalue weighted by molar-refractivity contribution is -0.136. The van der Waals surface area contributed by atoms with Gasteiger partial charge < -0.3 is 15.4 Å². The smallest absolute Gasteiger partial charge is 0.383 e. The summed E-state index contributed by atoms with van der Waals surface area (Å²) in [5, 5.41) is 4.53. The summed E-state index contributed by atoms with van der Waals surface area (Å²) in [5.41, 5.74) is -1.21. The van der Waals surface area contributed by atoms with E-state index in [9.17, 15) is 18.0 Å². The number of carbonyl (C=O) groups is 1. The van der Waals surface area contributed by atoms with E-state index in [1.165, 1.54) is 19.2 Å². The molecule has 8 heteroatoms. The quantitative estimate of drug-likeness (QED) is 0.826. The second-order valence-electron chi connectivity index (χ2n) is 3.56. The Balaban J connectivity index is 2.80. The molecule has 0 fully saturated rings. The Morgan fingerprint density at radius 1 is 1.42 bits per heavy atom. The van der Waals surface area contributed by atoms with Crippen molar-refractivity contribution in [3.63, 3.8) is 0 Å². The molecule has 0 aliphatic carbocycles. The standard InChI is InChI=1S/C11H12BrF3N2O2/c1-19-5-4-16-10(18)17-9-3-2-7(12)6-8(9)11(13,14)15/h2-3,6H,4-5H2,1H3,(H2,16,17,18). The molecule has 106 valence electrons. The van der Waals surface area contributed by atoms with Crippen LogP contribution in [0, 0.1) is 0 Å². The van der Waals surface area contributed by atoms with Gasteiger partial charge in [-0.2, -0.15) is 13.2 Å². The molecule has 19 heavy (non-hydrogen) atoms. The number of anilines is 1. The van der Waals surface area contributed by atoms with E-state index in [0.717, 1.165) is 6.07 Å². The number of hydrogen-bond acceptors (Lipinski definition) is 2. The van der Waals surface area contributed by atoms with Gasteiger partial charge in [-0.1, -0.05) is 15.9 Å². The topological polar surface area (TPSA) is 50.4 Å². The second kappa shape index (κ2) is 6.76. The zero-order chi connectivity index (χ0) is 14.5. The van der Waals surface area contributed by atoms with E-state index in [4.69, 9.17) is 4.74 Å². The fraction of sp³-hybridized carbons (Fsp3) is 0.364. The average Bonchev–Trinajstić information content (AvgIpc) is 2.30. The van der Waals surface area contributed by atoms with Gasteiger partial charge in [0.2, 0.25) is 0 Å². The van der Waals surface area contributed by atoms with Crippen LogP contribution < -0.4 is 10.6 Å². The van der Waals surface area contributed by atoms with E-state index in [1.807, 2.05) is 0 Å². The number of carbonyl (C=O) groups excluding carboxylic acids is 1. The fourth-order valence-electron chi connectivity index (χ4n) is 1.29. The highest BCUT2D eigenvalue weighted by Crippen LogP contribution is 2.36. The Hall–Kier alpha value is -1.28.